The fourth-order valence-electron chi connectivity index (χ4n) is 3.66. The quantitative estimate of drug-likeness (QED) is 0.873. The van der Waals surface area contributed by atoms with E-state index in [1.165, 1.54) is 5.56 Å². The number of amides is 1. The van der Waals surface area contributed by atoms with Crippen LogP contribution in [-0.2, 0) is 0 Å². The fraction of sp³-hybridized carbons (Fsp3) is 0.476. The van der Waals surface area contributed by atoms with E-state index in [1.54, 1.807) is 0 Å². The Morgan fingerprint density at radius 3 is 2.23 bits per heavy atom. The number of hydrogen-bond acceptors (Lipinski definition) is 2. The van der Waals surface area contributed by atoms with E-state index in [0.29, 0.717) is 5.92 Å². The molecule has 0 bridgehead atoms. The summed E-state index contributed by atoms with van der Waals surface area (Å²) in [4.78, 5) is 14.9. The van der Waals surface area contributed by atoms with Gasteiger partial charge < -0.3 is 15.2 Å². The molecule has 2 aromatic rings. The lowest BCUT2D eigenvalue weighted by Gasteiger charge is -2.30. The van der Waals surface area contributed by atoms with Crippen LogP contribution in [0.2, 0.25) is 0 Å². The first-order valence-electron chi connectivity index (χ1n) is 9.22. The summed E-state index contributed by atoms with van der Waals surface area (Å²) >= 11 is 0. The van der Waals surface area contributed by atoms with Crippen molar-refractivity contribution in [3.8, 4) is 5.69 Å². The summed E-state index contributed by atoms with van der Waals surface area (Å²) in [7, 11) is 0. The van der Waals surface area contributed by atoms with Gasteiger partial charge in [-0.2, -0.15) is 0 Å². The van der Waals surface area contributed by atoms with Gasteiger partial charge in [-0.3, -0.25) is 4.79 Å². The van der Waals surface area contributed by atoms with Crippen LogP contribution in [0.1, 0.15) is 59.9 Å². The number of carbonyl (C=O) groups excluding carboxylic acids is 1. The lowest BCUT2D eigenvalue weighted by molar-refractivity contribution is 0.0714. The van der Waals surface area contributed by atoms with E-state index in [4.69, 9.17) is 5.73 Å². The van der Waals surface area contributed by atoms with E-state index < -0.39 is 0 Å². The molecule has 1 aromatic heterocycles. The highest BCUT2D eigenvalue weighted by molar-refractivity contribution is 5.96. The largest absolute Gasteiger partial charge is 0.338 e. The van der Waals surface area contributed by atoms with Crippen LogP contribution in [0.4, 0.5) is 0 Å². The van der Waals surface area contributed by atoms with Crippen molar-refractivity contribution < 1.29 is 4.79 Å². The molecule has 0 atom stereocenters. The molecular weight excluding hydrogens is 346 g/mol. The van der Waals surface area contributed by atoms with Gasteiger partial charge in [0.2, 0.25) is 0 Å². The second kappa shape index (κ2) is 8.28. The van der Waals surface area contributed by atoms with Crippen molar-refractivity contribution in [3.63, 3.8) is 0 Å². The van der Waals surface area contributed by atoms with Crippen molar-refractivity contribution in [2.24, 2.45) is 5.73 Å². The number of nitrogens with zero attached hydrogens (tertiary/aromatic N) is 2. The predicted molar refractivity (Wildman–Crippen MR) is 110 cm³/mol. The molecule has 2 heterocycles. The predicted octanol–water partition coefficient (Wildman–Crippen LogP) is 4.20. The van der Waals surface area contributed by atoms with Crippen LogP contribution in [0.3, 0.4) is 0 Å². The van der Waals surface area contributed by atoms with E-state index in [0.717, 1.165) is 48.6 Å². The molecule has 5 heteroatoms. The van der Waals surface area contributed by atoms with Gasteiger partial charge >= 0.3 is 0 Å². The molecule has 1 fully saturated rings. The Morgan fingerprint density at radius 2 is 1.69 bits per heavy atom. The van der Waals surface area contributed by atoms with Crippen LogP contribution < -0.4 is 5.73 Å². The summed E-state index contributed by atoms with van der Waals surface area (Å²) in [6.45, 7) is 10.0. The van der Waals surface area contributed by atoms with E-state index in [-0.39, 0.29) is 24.4 Å². The van der Waals surface area contributed by atoms with Gasteiger partial charge in [-0.1, -0.05) is 26.0 Å². The second-order valence-electron chi connectivity index (χ2n) is 7.50. The molecule has 1 aliphatic rings. The molecule has 4 nitrogen and oxygen atoms in total. The van der Waals surface area contributed by atoms with Crippen molar-refractivity contribution in [1.29, 1.82) is 0 Å². The summed E-state index contributed by atoms with van der Waals surface area (Å²) in [5.41, 5.74) is 11.3. The lowest BCUT2D eigenvalue weighted by atomic mass is 10.0. The number of piperidine rings is 1. The van der Waals surface area contributed by atoms with E-state index in [9.17, 15) is 4.79 Å². The number of likely N-dealkylation sites (tertiary alicyclic amines) is 1. The van der Waals surface area contributed by atoms with Crippen LogP contribution >= 0.6 is 12.4 Å². The maximum atomic E-state index is 12.9. The van der Waals surface area contributed by atoms with E-state index >= 15 is 0 Å². The van der Waals surface area contributed by atoms with Gasteiger partial charge in [-0.15, -0.1) is 12.4 Å². The van der Waals surface area contributed by atoms with Crippen LogP contribution in [0.5, 0.6) is 0 Å². The molecule has 0 radical (unpaired) electrons. The number of nitrogens with two attached hydrogens (primary N) is 1. The van der Waals surface area contributed by atoms with Crippen molar-refractivity contribution in [2.45, 2.75) is 52.5 Å². The number of carbonyl (C=O) groups is 1. The number of hydrogen-bond donors (Lipinski definition) is 1. The summed E-state index contributed by atoms with van der Waals surface area (Å²) in [6.07, 6.45) is 1.78. The molecule has 0 aliphatic carbocycles. The number of benzene rings is 1. The van der Waals surface area contributed by atoms with Gasteiger partial charge in [0.25, 0.3) is 5.91 Å². The Bertz CT molecular complexity index is 756. The molecule has 0 unspecified atom stereocenters. The first-order valence-corrected chi connectivity index (χ1v) is 9.22. The standard InChI is InChI=1S/C21H29N3O.ClH/c1-14(2)17-5-7-19(8-6-17)24-15(3)13-20(16(24)4)21(25)23-11-9-18(22)10-12-23;/h5-8,13-14,18H,9-12,22H2,1-4H3;1H. The Kier molecular flexibility index (Phi) is 6.53. The van der Waals surface area contributed by atoms with Crippen molar-refractivity contribution in [1.82, 2.24) is 9.47 Å². The molecular formula is C21H30ClN3O. The first-order chi connectivity index (χ1) is 11.9. The summed E-state index contributed by atoms with van der Waals surface area (Å²) in [5, 5.41) is 0. The molecule has 3 rings (SSSR count). The van der Waals surface area contributed by atoms with Gasteiger partial charge in [0, 0.05) is 36.2 Å². The molecule has 1 aliphatic heterocycles. The average molecular weight is 376 g/mol. The molecule has 1 amide bonds. The van der Waals surface area contributed by atoms with Gasteiger partial charge in [-0.25, -0.2) is 0 Å². The second-order valence-corrected chi connectivity index (χ2v) is 7.50. The van der Waals surface area contributed by atoms with Crippen molar-refractivity contribution >= 4 is 18.3 Å². The maximum absolute atomic E-state index is 12.9. The third-order valence-electron chi connectivity index (χ3n) is 5.31. The third-order valence-corrected chi connectivity index (χ3v) is 5.31. The minimum Gasteiger partial charge on any atom is -0.338 e. The minimum atomic E-state index is 0. The topological polar surface area (TPSA) is 51.3 Å². The summed E-state index contributed by atoms with van der Waals surface area (Å²) in [5.74, 6) is 0.647. The Labute approximate surface area is 162 Å². The smallest absolute Gasteiger partial charge is 0.255 e. The van der Waals surface area contributed by atoms with Crippen LogP contribution in [-0.4, -0.2) is 34.5 Å². The number of halogens is 1. The molecule has 142 valence electrons. The van der Waals surface area contributed by atoms with Gasteiger partial charge in [0.15, 0.2) is 0 Å². The van der Waals surface area contributed by atoms with Crippen LogP contribution in [0.25, 0.3) is 5.69 Å². The number of aromatic nitrogens is 1. The van der Waals surface area contributed by atoms with Crippen molar-refractivity contribution in [3.05, 3.63) is 52.8 Å². The summed E-state index contributed by atoms with van der Waals surface area (Å²) < 4.78 is 2.17. The first kappa shape index (κ1) is 20.5. The highest BCUT2D eigenvalue weighted by Crippen LogP contribution is 2.24. The highest BCUT2D eigenvalue weighted by atomic mass is 35.5. The third kappa shape index (κ3) is 3.97. The van der Waals surface area contributed by atoms with Crippen LogP contribution in [0, 0.1) is 13.8 Å². The number of rotatable bonds is 3. The van der Waals surface area contributed by atoms with Gasteiger partial charge in [0.1, 0.15) is 0 Å². The fourth-order valence-corrected chi connectivity index (χ4v) is 3.66. The van der Waals surface area contributed by atoms with Gasteiger partial charge in [-0.05, 0) is 56.4 Å². The SMILES string of the molecule is Cc1cc(C(=O)N2CCC(N)CC2)c(C)n1-c1ccc(C(C)C)cc1.Cl. The molecule has 0 spiro atoms. The zero-order chi connectivity index (χ0) is 18.1. The molecule has 2 N–H and O–H groups in total. The van der Waals surface area contributed by atoms with Gasteiger partial charge in [0.05, 0.1) is 5.56 Å². The van der Waals surface area contributed by atoms with E-state index in [1.807, 2.05) is 17.9 Å². The highest BCUT2D eigenvalue weighted by Gasteiger charge is 2.25. The Hall–Kier alpha value is -1.78. The molecule has 1 aromatic carbocycles. The monoisotopic (exact) mass is 375 g/mol. The lowest BCUT2D eigenvalue weighted by Crippen LogP contribution is -2.42. The zero-order valence-electron chi connectivity index (χ0n) is 16.2. The summed E-state index contributed by atoms with van der Waals surface area (Å²) in [6, 6.07) is 10.9. The zero-order valence-corrected chi connectivity index (χ0v) is 17.0. The molecule has 26 heavy (non-hydrogen) atoms. The normalized spacial score (nSPS) is 15.2. The Morgan fingerprint density at radius 1 is 1.12 bits per heavy atom. The number of aryl methyl sites for hydroxylation is 1. The Balaban J connectivity index is 0.00000243. The average Bonchev–Trinajstić information content (AvgIpc) is 2.89. The minimum absolute atomic E-state index is 0. The molecule has 1 saturated heterocycles. The van der Waals surface area contributed by atoms with Crippen molar-refractivity contribution in [2.75, 3.05) is 13.1 Å². The maximum Gasteiger partial charge on any atom is 0.255 e. The van der Waals surface area contributed by atoms with Crippen LogP contribution in [0.15, 0.2) is 30.3 Å². The molecule has 0 saturated carbocycles. The van der Waals surface area contributed by atoms with E-state index in [2.05, 4.69) is 49.6 Å².